The summed E-state index contributed by atoms with van der Waals surface area (Å²) >= 11 is 7.50. The summed E-state index contributed by atoms with van der Waals surface area (Å²) in [5.74, 6) is 0.715. The Kier molecular flexibility index (Phi) is 3.64. The Labute approximate surface area is 115 Å². The Hall–Kier alpha value is -1.07. The molecule has 0 saturated carbocycles. The third-order valence-electron chi connectivity index (χ3n) is 2.31. The first-order valence-electron chi connectivity index (χ1n) is 5.50. The number of hydrogen-bond acceptors (Lipinski definition) is 5. The van der Waals surface area contributed by atoms with Crippen LogP contribution in [0.5, 0.6) is 0 Å². The van der Waals surface area contributed by atoms with Gasteiger partial charge in [-0.05, 0) is 18.7 Å². The standard InChI is InChI=1S/C12H14ClN3OS/c1-7-8(13)15-10(12(2,3)4)16-9(7)18-11-14-5-6-17-11/h5-6H,1-4H3. The molecule has 0 radical (unpaired) electrons. The second-order valence-corrected chi connectivity index (χ2v) is 6.22. The first-order valence-corrected chi connectivity index (χ1v) is 6.69. The summed E-state index contributed by atoms with van der Waals surface area (Å²) in [6.07, 6.45) is 3.14. The molecule has 0 amide bonds. The van der Waals surface area contributed by atoms with Gasteiger partial charge in [-0.2, -0.15) is 0 Å². The summed E-state index contributed by atoms with van der Waals surface area (Å²) in [7, 11) is 0. The highest BCUT2D eigenvalue weighted by Crippen LogP contribution is 2.32. The van der Waals surface area contributed by atoms with E-state index < -0.39 is 0 Å². The van der Waals surface area contributed by atoms with Crippen molar-refractivity contribution in [3.8, 4) is 0 Å². The highest BCUT2D eigenvalue weighted by atomic mass is 35.5. The summed E-state index contributed by atoms with van der Waals surface area (Å²) < 4.78 is 5.21. The molecule has 0 saturated heterocycles. The molecule has 0 spiro atoms. The number of halogens is 1. The number of hydrogen-bond donors (Lipinski definition) is 0. The summed E-state index contributed by atoms with van der Waals surface area (Å²) in [5.41, 5.74) is 0.691. The van der Waals surface area contributed by atoms with E-state index in [-0.39, 0.29) is 5.41 Å². The second-order valence-electron chi connectivity index (χ2n) is 4.92. The lowest BCUT2D eigenvalue weighted by Gasteiger charge is -2.18. The lowest BCUT2D eigenvalue weighted by atomic mass is 9.96. The zero-order valence-electron chi connectivity index (χ0n) is 10.7. The van der Waals surface area contributed by atoms with Gasteiger partial charge in [0.15, 0.2) is 0 Å². The number of oxazole rings is 1. The zero-order valence-corrected chi connectivity index (χ0v) is 12.3. The fraction of sp³-hybridized carbons (Fsp3) is 0.417. The minimum Gasteiger partial charge on any atom is -0.440 e. The van der Waals surface area contributed by atoms with Gasteiger partial charge in [-0.1, -0.05) is 32.4 Å². The van der Waals surface area contributed by atoms with E-state index in [2.05, 4.69) is 15.0 Å². The van der Waals surface area contributed by atoms with Crippen molar-refractivity contribution in [2.24, 2.45) is 0 Å². The molecule has 0 bridgehead atoms. The van der Waals surface area contributed by atoms with Crippen molar-refractivity contribution >= 4 is 23.4 Å². The Morgan fingerprint density at radius 3 is 2.56 bits per heavy atom. The van der Waals surface area contributed by atoms with E-state index in [4.69, 9.17) is 16.0 Å². The molecular formula is C12H14ClN3OS. The van der Waals surface area contributed by atoms with E-state index in [9.17, 15) is 0 Å². The van der Waals surface area contributed by atoms with Crippen LogP contribution in [0.1, 0.15) is 32.2 Å². The molecule has 6 heteroatoms. The predicted octanol–water partition coefficient (Wildman–Crippen LogP) is 3.88. The molecule has 0 aliphatic rings. The molecule has 0 aromatic carbocycles. The van der Waals surface area contributed by atoms with Crippen LogP contribution in [0.2, 0.25) is 5.15 Å². The molecule has 0 aliphatic carbocycles. The van der Waals surface area contributed by atoms with Gasteiger partial charge in [0.2, 0.25) is 0 Å². The van der Waals surface area contributed by atoms with Gasteiger partial charge in [0.1, 0.15) is 22.3 Å². The number of rotatable bonds is 2. The van der Waals surface area contributed by atoms with Crippen molar-refractivity contribution in [3.63, 3.8) is 0 Å². The molecule has 0 aliphatic heterocycles. The van der Waals surface area contributed by atoms with Crippen LogP contribution in [-0.2, 0) is 5.41 Å². The Balaban J connectivity index is 2.43. The normalized spacial score (nSPS) is 11.8. The van der Waals surface area contributed by atoms with Crippen LogP contribution in [0.3, 0.4) is 0 Å². The average Bonchev–Trinajstić information content (AvgIpc) is 2.75. The Morgan fingerprint density at radius 1 is 1.28 bits per heavy atom. The number of nitrogens with zero attached hydrogens (tertiary/aromatic N) is 3. The molecule has 96 valence electrons. The quantitative estimate of drug-likeness (QED) is 0.783. The van der Waals surface area contributed by atoms with Crippen LogP contribution in [0.4, 0.5) is 0 Å². The van der Waals surface area contributed by atoms with Crippen molar-refractivity contribution in [2.45, 2.75) is 43.4 Å². The van der Waals surface area contributed by atoms with Gasteiger partial charge < -0.3 is 4.42 Å². The lowest BCUT2D eigenvalue weighted by molar-refractivity contribution is 0.453. The van der Waals surface area contributed by atoms with Gasteiger partial charge in [0.05, 0.1) is 6.20 Å². The van der Waals surface area contributed by atoms with Crippen molar-refractivity contribution in [2.75, 3.05) is 0 Å². The molecule has 18 heavy (non-hydrogen) atoms. The SMILES string of the molecule is Cc1c(Cl)nc(C(C)(C)C)nc1Sc1ncco1. The van der Waals surface area contributed by atoms with Crippen LogP contribution in [0.25, 0.3) is 0 Å². The topological polar surface area (TPSA) is 51.8 Å². The average molecular weight is 284 g/mol. The second kappa shape index (κ2) is 4.90. The summed E-state index contributed by atoms with van der Waals surface area (Å²) in [6.45, 7) is 8.04. The van der Waals surface area contributed by atoms with Crippen LogP contribution in [0, 0.1) is 6.92 Å². The van der Waals surface area contributed by atoms with Gasteiger partial charge in [-0.3, -0.25) is 0 Å². The molecule has 2 rings (SSSR count). The first-order chi connectivity index (χ1) is 8.38. The van der Waals surface area contributed by atoms with E-state index in [0.717, 1.165) is 10.6 Å². The van der Waals surface area contributed by atoms with Crippen molar-refractivity contribution < 1.29 is 4.42 Å². The maximum atomic E-state index is 6.15. The van der Waals surface area contributed by atoms with Crippen LogP contribution in [-0.4, -0.2) is 15.0 Å². The predicted molar refractivity (Wildman–Crippen MR) is 71.1 cm³/mol. The monoisotopic (exact) mass is 283 g/mol. The lowest BCUT2D eigenvalue weighted by Crippen LogP contribution is -2.17. The first kappa shape index (κ1) is 13.4. The fourth-order valence-electron chi connectivity index (χ4n) is 1.25. The molecular weight excluding hydrogens is 270 g/mol. The Bertz CT molecular complexity index is 549. The summed E-state index contributed by atoms with van der Waals surface area (Å²) in [6, 6.07) is 0. The zero-order chi connectivity index (χ0) is 13.3. The van der Waals surface area contributed by atoms with Crippen LogP contribution in [0.15, 0.2) is 27.1 Å². The molecule has 0 unspecified atom stereocenters. The van der Waals surface area contributed by atoms with E-state index in [1.807, 2.05) is 27.7 Å². The van der Waals surface area contributed by atoms with Crippen LogP contribution < -0.4 is 0 Å². The molecule has 4 nitrogen and oxygen atoms in total. The third kappa shape index (κ3) is 2.84. The van der Waals surface area contributed by atoms with Gasteiger partial charge >= 0.3 is 0 Å². The highest BCUT2D eigenvalue weighted by molar-refractivity contribution is 7.99. The third-order valence-corrected chi connectivity index (χ3v) is 3.64. The fourth-order valence-corrected chi connectivity index (χ4v) is 2.24. The number of aromatic nitrogens is 3. The summed E-state index contributed by atoms with van der Waals surface area (Å²) in [4.78, 5) is 12.9. The largest absolute Gasteiger partial charge is 0.440 e. The van der Waals surface area contributed by atoms with E-state index >= 15 is 0 Å². The molecule has 0 fully saturated rings. The minimum absolute atomic E-state index is 0.150. The molecule has 0 N–H and O–H groups in total. The van der Waals surface area contributed by atoms with Crippen LogP contribution >= 0.6 is 23.4 Å². The maximum Gasteiger partial charge on any atom is 0.261 e. The maximum absolute atomic E-state index is 6.15. The van der Waals surface area contributed by atoms with Crippen molar-refractivity contribution in [3.05, 3.63) is 29.0 Å². The Morgan fingerprint density at radius 2 is 2.00 bits per heavy atom. The van der Waals surface area contributed by atoms with Gasteiger partial charge in [0.25, 0.3) is 5.22 Å². The molecule has 2 aromatic heterocycles. The van der Waals surface area contributed by atoms with Crippen molar-refractivity contribution in [1.29, 1.82) is 0 Å². The smallest absolute Gasteiger partial charge is 0.261 e. The van der Waals surface area contributed by atoms with E-state index in [1.54, 1.807) is 6.20 Å². The van der Waals surface area contributed by atoms with Gasteiger partial charge in [-0.15, -0.1) is 0 Å². The molecule has 2 aromatic rings. The molecule has 0 atom stereocenters. The molecule has 2 heterocycles. The van der Waals surface area contributed by atoms with E-state index in [1.165, 1.54) is 18.0 Å². The van der Waals surface area contributed by atoms with Gasteiger partial charge in [-0.25, -0.2) is 15.0 Å². The minimum atomic E-state index is -0.150. The van der Waals surface area contributed by atoms with Gasteiger partial charge in [0, 0.05) is 11.0 Å². The van der Waals surface area contributed by atoms with Crippen molar-refractivity contribution in [1.82, 2.24) is 15.0 Å². The van der Waals surface area contributed by atoms with E-state index in [0.29, 0.717) is 16.2 Å². The summed E-state index contributed by atoms with van der Waals surface area (Å²) in [5, 5.41) is 1.80. The highest BCUT2D eigenvalue weighted by Gasteiger charge is 2.21.